The molecule has 2 amide bonds. The predicted octanol–water partition coefficient (Wildman–Crippen LogP) is 3.01. The van der Waals surface area contributed by atoms with E-state index >= 15 is 0 Å². The molecule has 1 N–H and O–H groups in total. The molecule has 24 heavy (non-hydrogen) atoms. The van der Waals surface area contributed by atoms with Crippen molar-refractivity contribution in [2.24, 2.45) is 5.92 Å². The van der Waals surface area contributed by atoms with Crippen molar-refractivity contribution in [1.29, 1.82) is 0 Å². The van der Waals surface area contributed by atoms with E-state index < -0.39 is 0 Å². The van der Waals surface area contributed by atoms with Crippen molar-refractivity contribution in [1.82, 2.24) is 19.8 Å². The lowest BCUT2D eigenvalue weighted by atomic mass is 10.2. The summed E-state index contributed by atoms with van der Waals surface area (Å²) in [4.78, 5) is 18.5. The zero-order valence-electron chi connectivity index (χ0n) is 13.9. The summed E-state index contributed by atoms with van der Waals surface area (Å²) in [5.74, 6) is 1.14. The van der Waals surface area contributed by atoms with Gasteiger partial charge in [-0.3, -0.25) is 0 Å². The predicted molar refractivity (Wildman–Crippen MR) is 89.9 cm³/mol. The summed E-state index contributed by atoms with van der Waals surface area (Å²) in [5, 5.41) is 2.86. The molecule has 1 aromatic heterocycles. The molecule has 128 valence electrons. The van der Waals surface area contributed by atoms with Gasteiger partial charge < -0.3 is 14.8 Å². The molecular formula is C18H23FN4O. The van der Waals surface area contributed by atoms with Crippen LogP contribution in [0, 0.1) is 11.7 Å². The quantitative estimate of drug-likeness (QED) is 0.848. The molecule has 5 nitrogen and oxygen atoms in total. The van der Waals surface area contributed by atoms with Crippen LogP contribution < -0.4 is 5.32 Å². The van der Waals surface area contributed by atoms with E-state index in [9.17, 15) is 9.18 Å². The van der Waals surface area contributed by atoms with Crippen LogP contribution in [0.1, 0.15) is 31.2 Å². The maximum absolute atomic E-state index is 13.9. The minimum Gasteiger partial charge on any atom is -0.338 e. The van der Waals surface area contributed by atoms with E-state index in [-0.39, 0.29) is 11.8 Å². The standard InChI is InChI=1S/C18H23FN4O/c1-2-20-18(24)23(11-14-7-8-14)13-17-21-9-10-22(17)12-15-5-3-4-6-16(15)19/h3-6,9-10,14H,2,7-8,11-13H2,1H3,(H,20,24). The number of rotatable bonds is 7. The summed E-state index contributed by atoms with van der Waals surface area (Å²) in [6.07, 6.45) is 5.89. The van der Waals surface area contributed by atoms with Gasteiger partial charge in [0.1, 0.15) is 11.6 Å². The van der Waals surface area contributed by atoms with Crippen LogP contribution in [0.5, 0.6) is 0 Å². The Bertz CT molecular complexity index is 696. The molecule has 0 atom stereocenters. The molecular weight excluding hydrogens is 307 g/mol. The number of imidazole rings is 1. The number of carbonyl (C=O) groups excluding carboxylic acids is 1. The van der Waals surface area contributed by atoms with Crippen LogP contribution in [0.15, 0.2) is 36.7 Å². The van der Waals surface area contributed by atoms with E-state index in [1.54, 1.807) is 23.2 Å². The van der Waals surface area contributed by atoms with Crippen molar-refractivity contribution in [3.8, 4) is 0 Å². The minimum atomic E-state index is -0.226. The third-order valence-electron chi connectivity index (χ3n) is 4.22. The second-order valence-electron chi connectivity index (χ2n) is 6.22. The van der Waals surface area contributed by atoms with Gasteiger partial charge in [0.2, 0.25) is 0 Å². The maximum atomic E-state index is 13.9. The van der Waals surface area contributed by atoms with Crippen molar-refractivity contribution in [2.45, 2.75) is 32.9 Å². The van der Waals surface area contributed by atoms with Gasteiger partial charge in [-0.15, -0.1) is 0 Å². The molecule has 1 saturated carbocycles. The number of hydrogen-bond acceptors (Lipinski definition) is 2. The highest BCUT2D eigenvalue weighted by Gasteiger charge is 2.27. The number of benzene rings is 1. The van der Waals surface area contributed by atoms with Gasteiger partial charge in [-0.1, -0.05) is 18.2 Å². The summed E-state index contributed by atoms with van der Waals surface area (Å²) in [6, 6.07) is 6.67. The van der Waals surface area contributed by atoms with Gasteiger partial charge in [-0.25, -0.2) is 14.2 Å². The van der Waals surface area contributed by atoms with E-state index in [0.29, 0.717) is 31.1 Å². The smallest absolute Gasteiger partial charge is 0.317 e. The number of urea groups is 1. The van der Waals surface area contributed by atoms with Crippen LogP contribution in [0.3, 0.4) is 0 Å². The average molecular weight is 330 g/mol. The van der Waals surface area contributed by atoms with Crippen LogP contribution in [-0.2, 0) is 13.1 Å². The molecule has 1 aliphatic carbocycles. The Hall–Kier alpha value is -2.37. The van der Waals surface area contributed by atoms with Crippen LogP contribution in [0.25, 0.3) is 0 Å². The Balaban J connectivity index is 1.73. The van der Waals surface area contributed by atoms with E-state index in [1.807, 2.05) is 23.8 Å². The van der Waals surface area contributed by atoms with Gasteiger partial charge >= 0.3 is 6.03 Å². The van der Waals surface area contributed by atoms with E-state index in [4.69, 9.17) is 0 Å². The number of nitrogens with one attached hydrogen (secondary N) is 1. The van der Waals surface area contributed by atoms with Gasteiger partial charge in [-0.2, -0.15) is 0 Å². The minimum absolute atomic E-state index is 0.0650. The van der Waals surface area contributed by atoms with Crippen molar-refractivity contribution in [3.63, 3.8) is 0 Å². The summed E-state index contributed by atoms with van der Waals surface area (Å²) in [7, 11) is 0. The maximum Gasteiger partial charge on any atom is 0.317 e. The largest absolute Gasteiger partial charge is 0.338 e. The van der Waals surface area contributed by atoms with Gasteiger partial charge in [-0.05, 0) is 31.7 Å². The first-order valence-electron chi connectivity index (χ1n) is 8.43. The highest BCUT2D eigenvalue weighted by atomic mass is 19.1. The molecule has 3 rings (SSSR count). The van der Waals surface area contributed by atoms with Gasteiger partial charge in [0.15, 0.2) is 0 Å². The zero-order valence-corrected chi connectivity index (χ0v) is 13.9. The van der Waals surface area contributed by atoms with Crippen molar-refractivity contribution in [3.05, 3.63) is 53.9 Å². The SMILES string of the molecule is CCNC(=O)N(Cc1nccn1Cc1ccccc1F)CC1CC1. The molecule has 0 radical (unpaired) electrons. The van der Waals surface area contributed by atoms with Crippen LogP contribution in [0.2, 0.25) is 0 Å². The summed E-state index contributed by atoms with van der Waals surface area (Å²) >= 11 is 0. The zero-order chi connectivity index (χ0) is 16.9. The molecule has 1 fully saturated rings. The number of aromatic nitrogens is 2. The van der Waals surface area contributed by atoms with E-state index in [0.717, 1.165) is 12.4 Å². The number of amides is 2. The monoisotopic (exact) mass is 330 g/mol. The Morgan fingerprint density at radius 2 is 2.21 bits per heavy atom. The topological polar surface area (TPSA) is 50.2 Å². The summed E-state index contributed by atoms with van der Waals surface area (Å²) < 4.78 is 15.8. The van der Waals surface area contributed by atoms with Crippen LogP contribution in [0.4, 0.5) is 9.18 Å². The summed E-state index contributed by atoms with van der Waals surface area (Å²) in [6.45, 7) is 4.10. The fourth-order valence-corrected chi connectivity index (χ4v) is 2.71. The Morgan fingerprint density at radius 3 is 2.92 bits per heavy atom. The Labute approximate surface area is 141 Å². The first-order valence-corrected chi connectivity index (χ1v) is 8.43. The molecule has 2 aromatic rings. The molecule has 1 aliphatic rings. The molecule has 0 bridgehead atoms. The van der Waals surface area contributed by atoms with E-state index in [2.05, 4.69) is 10.3 Å². The average Bonchev–Trinajstić information content (AvgIpc) is 3.28. The van der Waals surface area contributed by atoms with Crippen LogP contribution in [-0.4, -0.2) is 33.6 Å². The lowest BCUT2D eigenvalue weighted by Crippen LogP contribution is -2.41. The number of hydrogen-bond donors (Lipinski definition) is 1. The Morgan fingerprint density at radius 1 is 1.42 bits per heavy atom. The lowest BCUT2D eigenvalue weighted by molar-refractivity contribution is 0.191. The van der Waals surface area contributed by atoms with Crippen LogP contribution >= 0.6 is 0 Å². The molecule has 0 unspecified atom stereocenters. The second kappa shape index (κ2) is 7.47. The fraction of sp³-hybridized carbons (Fsp3) is 0.444. The molecule has 1 heterocycles. The van der Waals surface area contributed by atoms with E-state index in [1.165, 1.54) is 18.9 Å². The first-order chi connectivity index (χ1) is 11.7. The second-order valence-corrected chi connectivity index (χ2v) is 6.22. The van der Waals surface area contributed by atoms with Gasteiger partial charge in [0, 0.05) is 31.0 Å². The number of nitrogens with zero attached hydrogens (tertiary/aromatic N) is 3. The third-order valence-corrected chi connectivity index (χ3v) is 4.22. The first kappa shape index (κ1) is 16.5. The molecule has 0 aliphatic heterocycles. The number of carbonyl (C=O) groups is 1. The van der Waals surface area contributed by atoms with Gasteiger partial charge in [0.05, 0.1) is 13.1 Å². The number of halogens is 1. The van der Waals surface area contributed by atoms with Crippen molar-refractivity contribution < 1.29 is 9.18 Å². The fourth-order valence-electron chi connectivity index (χ4n) is 2.71. The highest BCUT2D eigenvalue weighted by Crippen LogP contribution is 2.30. The lowest BCUT2D eigenvalue weighted by Gasteiger charge is -2.23. The van der Waals surface area contributed by atoms with Crippen molar-refractivity contribution in [2.75, 3.05) is 13.1 Å². The molecule has 0 saturated heterocycles. The highest BCUT2D eigenvalue weighted by molar-refractivity contribution is 5.74. The molecule has 6 heteroatoms. The summed E-state index contributed by atoms with van der Waals surface area (Å²) in [5.41, 5.74) is 0.614. The normalized spacial score (nSPS) is 13.8. The molecule has 0 spiro atoms. The Kier molecular flexibility index (Phi) is 5.13. The molecule has 1 aromatic carbocycles. The van der Waals surface area contributed by atoms with Crippen molar-refractivity contribution >= 4 is 6.03 Å². The van der Waals surface area contributed by atoms with Gasteiger partial charge in [0.25, 0.3) is 0 Å². The third kappa shape index (κ3) is 4.13.